The first-order valence-electron chi connectivity index (χ1n) is 8.93. The van der Waals surface area contributed by atoms with E-state index in [-0.39, 0.29) is 10.8 Å². The summed E-state index contributed by atoms with van der Waals surface area (Å²) >= 11 is 0. The predicted octanol–water partition coefficient (Wildman–Crippen LogP) is 3.30. The van der Waals surface area contributed by atoms with Gasteiger partial charge in [-0.1, -0.05) is 32.0 Å². The Balaban J connectivity index is 2.01. The molecule has 0 bridgehead atoms. The van der Waals surface area contributed by atoms with Crippen molar-refractivity contribution in [2.45, 2.75) is 31.6 Å². The van der Waals surface area contributed by atoms with Gasteiger partial charge in [-0.15, -0.1) is 0 Å². The Bertz CT molecular complexity index is 860. The molecule has 0 unspecified atom stereocenters. The number of ether oxygens (including phenoxy) is 1. The highest BCUT2D eigenvalue weighted by Crippen LogP contribution is 2.20. The summed E-state index contributed by atoms with van der Waals surface area (Å²) in [4.78, 5) is 12.4. The molecule has 0 aliphatic heterocycles. The van der Waals surface area contributed by atoms with Gasteiger partial charge in [0.15, 0.2) is 0 Å². The van der Waals surface area contributed by atoms with Crippen molar-refractivity contribution in [3.63, 3.8) is 0 Å². The fourth-order valence-corrected chi connectivity index (χ4v) is 4.22. The van der Waals surface area contributed by atoms with E-state index >= 15 is 0 Å². The zero-order valence-electron chi connectivity index (χ0n) is 15.9. The summed E-state index contributed by atoms with van der Waals surface area (Å²) in [6.45, 7) is 4.40. The minimum absolute atomic E-state index is 0.164. The third-order valence-corrected chi connectivity index (χ3v) is 6.31. The van der Waals surface area contributed by atoms with Gasteiger partial charge in [0.1, 0.15) is 5.75 Å². The molecule has 0 atom stereocenters. The summed E-state index contributed by atoms with van der Waals surface area (Å²) < 4.78 is 31.7. The molecule has 0 heterocycles. The average Bonchev–Trinajstić information content (AvgIpc) is 2.67. The van der Waals surface area contributed by atoms with Crippen LogP contribution < -0.4 is 10.1 Å². The zero-order valence-corrected chi connectivity index (χ0v) is 16.8. The predicted molar refractivity (Wildman–Crippen MR) is 106 cm³/mol. The Morgan fingerprint density at radius 2 is 1.74 bits per heavy atom. The largest absolute Gasteiger partial charge is 0.497 e. The third kappa shape index (κ3) is 5.55. The third-order valence-electron chi connectivity index (χ3n) is 4.26. The van der Waals surface area contributed by atoms with Crippen LogP contribution in [0.15, 0.2) is 53.4 Å². The van der Waals surface area contributed by atoms with E-state index in [0.29, 0.717) is 31.6 Å². The molecule has 0 radical (unpaired) electrons. The highest BCUT2D eigenvalue weighted by Gasteiger charge is 2.21. The van der Waals surface area contributed by atoms with Crippen LogP contribution in [0.4, 0.5) is 5.69 Å². The highest BCUT2D eigenvalue weighted by atomic mass is 32.2. The standard InChI is InChI=1S/C20H26N2O4S/c1-4-22(5-2)27(24,25)19-8-6-7-17(15-19)21-20(23)14-11-16-9-12-18(26-3)13-10-16/h6-10,12-13,15H,4-5,11,14H2,1-3H3,(H,21,23). The van der Waals surface area contributed by atoms with Crippen LogP contribution in [-0.4, -0.2) is 38.8 Å². The quantitative estimate of drug-likeness (QED) is 0.713. The van der Waals surface area contributed by atoms with E-state index in [1.807, 2.05) is 24.3 Å². The van der Waals surface area contributed by atoms with Crippen LogP contribution in [-0.2, 0) is 21.2 Å². The monoisotopic (exact) mass is 390 g/mol. The maximum Gasteiger partial charge on any atom is 0.243 e. The molecule has 1 amide bonds. The first-order chi connectivity index (χ1) is 12.9. The lowest BCUT2D eigenvalue weighted by Crippen LogP contribution is -2.30. The van der Waals surface area contributed by atoms with Gasteiger partial charge in [0.25, 0.3) is 0 Å². The van der Waals surface area contributed by atoms with Crippen molar-refractivity contribution >= 4 is 21.6 Å². The second-order valence-corrected chi connectivity index (χ2v) is 7.95. The van der Waals surface area contributed by atoms with Crippen LogP contribution in [0.2, 0.25) is 0 Å². The normalized spacial score (nSPS) is 11.4. The maximum absolute atomic E-state index is 12.6. The second kappa shape index (κ2) is 9.53. The number of carbonyl (C=O) groups excluding carboxylic acids is 1. The molecule has 2 aromatic carbocycles. The fraction of sp³-hybridized carbons (Fsp3) is 0.350. The van der Waals surface area contributed by atoms with Gasteiger partial charge in [-0.3, -0.25) is 4.79 Å². The molecule has 0 spiro atoms. The molecule has 1 N–H and O–H groups in total. The number of carbonyl (C=O) groups is 1. The lowest BCUT2D eigenvalue weighted by atomic mass is 10.1. The van der Waals surface area contributed by atoms with Gasteiger partial charge in [0.2, 0.25) is 15.9 Å². The maximum atomic E-state index is 12.6. The zero-order chi connectivity index (χ0) is 19.9. The second-order valence-electron chi connectivity index (χ2n) is 6.01. The van der Waals surface area contributed by atoms with E-state index in [4.69, 9.17) is 4.74 Å². The summed E-state index contributed by atoms with van der Waals surface area (Å²) in [5.74, 6) is 0.609. The van der Waals surface area contributed by atoms with Gasteiger partial charge in [0, 0.05) is 25.2 Å². The van der Waals surface area contributed by atoms with Gasteiger partial charge in [-0.2, -0.15) is 4.31 Å². The number of nitrogens with one attached hydrogen (secondary N) is 1. The molecule has 0 aliphatic rings. The van der Waals surface area contributed by atoms with E-state index < -0.39 is 10.0 Å². The van der Waals surface area contributed by atoms with Crippen molar-refractivity contribution in [3.8, 4) is 5.75 Å². The molecule has 7 heteroatoms. The number of sulfonamides is 1. The molecule has 6 nitrogen and oxygen atoms in total. The van der Waals surface area contributed by atoms with Crippen molar-refractivity contribution in [3.05, 3.63) is 54.1 Å². The van der Waals surface area contributed by atoms with E-state index in [9.17, 15) is 13.2 Å². The number of amides is 1. The number of aryl methyl sites for hydroxylation is 1. The number of anilines is 1. The molecule has 0 aromatic heterocycles. The van der Waals surface area contributed by atoms with Crippen LogP contribution >= 0.6 is 0 Å². The van der Waals surface area contributed by atoms with Gasteiger partial charge in [-0.25, -0.2) is 8.42 Å². The average molecular weight is 391 g/mol. The van der Waals surface area contributed by atoms with E-state index in [2.05, 4.69) is 5.32 Å². The van der Waals surface area contributed by atoms with Gasteiger partial charge in [-0.05, 0) is 42.3 Å². The molecule has 27 heavy (non-hydrogen) atoms. The van der Waals surface area contributed by atoms with Crippen LogP contribution in [0, 0.1) is 0 Å². The Kier molecular flexibility index (Phi) is 7.38. The smallest absolute Gasteiger partial charge is 0.243 e. The summed E-state index contributed by atoms with van der Waals surface area (Å²) in [5.41, 5.74) is 1.51. The Hall–Kier alpha value is -2.38. The molecular formula is C20H26N2O4S. The molecule has 0 aliphatic carbocycles. The molecule has 2 aromatic rings. The SMILES string of the molecule is CCN(CC)S(=O)(=O)c1cccc(NC(=O)CCc2ccc(OC)cc2)c1. The van der Waals surface area contributed by atoms with Crippen LogP contribution in [0.25, 0.3) is 0 Å². The summed E-state index contributed by atoms with van der Waals surface area (Å²) in [6, 6.07) is 13.9. The summed E-state index contributed by atoms with van der Waals surface area (Å²) in [7, 11) is -1.94. The van der Waals surface area contributed by atoms with Crippen molar-refractivity contribution in [1.29, 1.82) is 0 Å². The van der Waals surface area contributed by atoms with Crippen LogP contribution in [0.5, 0.6) is 5.75 Å². The Morgan fingerprint density at radius 1 is 1.07 bits per heavy atom. The molecule has 0 saturated carbocycles. The topological polar surface area (TPSA) is 75.7 Å². The summed E-state index contributed by atoms with van der Waals surface area (Å²) in [6.07, 6.45) is 0.895. The molecule has 146 valence electrons. The number of methoxy groups -OCH3 is 1. The minimum Gasteiger partial charge on any atom is -0.497 e. The fourth-order valence-electron chi connectivity index (χ4n) is 2.72. The number of hydrogen-bond acceptors (Lipinski definition) is 4. The lowest BCUT2D eigenvalue weighted by molar-refractivity contribution is -0.116. The van der Waals surface area contributed by atoms with Crippen molar-refractivity contribution in [2.75, 3.05) is 25.5 Å². The first-order valence-corrected chi connectivity index (χ1v) is 10.4. The molecule has 0 fully saturated rings. The lowest BCUT2D eigenvalue weighted by Gasteiger charge is -2.18. The van der Waals surface area contributed by atoms with Gasteiger partial charge in [0.05, 0.1) is 12.0 Å². The van der Waals surface area contributed by atoms with Gasteiger partial charge >= 0.3 is 0 Å². The first kappa shape index (κ1) is 20.9. The van der Waals surface area contributed by atoms with Crippen molar-refractivity contribution in [1.82, 2.24) is 4.31 Å². The summed E-state index contributed by atoms with van der Waals surface area (Å²) in [5, 5.41) is 2.78. The van der Waals surface area contributed by atoms with Crippen LogP contribution in [0.3, 0.4) is 0 Å². The van der Waals surface area contributed by atoms with Crippen LogP contribution in [0.1, 0.15) is 25.8 Å². The van der Waals surface area contributed by atoms with E-state index in [1.54, 1.807) is 39.2 Å². The number of rotatable bonds is 9. The Morgan fingerprint density at radius 3 is 2.33 bits per heavy atom. The highest BCUT2D eigenvalue weighted by molar-refractivity contribution is 7.89. The molecule has 0 saturated heterocycles. The minimum atomic E-state index is -3.55. The number of benzene rings is 2. The number of hydrogen-bond donors (Lipinski definition) is 1. The Labute approximate surface area is 161 Å². The van der Waals surface area contributed by atoms with Crippen molar-refractivity contribution < 1.29 is 17.9 Å². The van der Waals surface area contributed by atoms with Crippen molar-refractivity contribution in [2.24, 2.45) is 0 Å². The molecule has 2 rings (SSSR count). The van der Waals surface area contributed by atoms with E-state index in [1.165, 1.54) is 10.4 Å². The molecular weight excluding hydrogens is 364 g/mol. The van der Waals surface area contributed by atoms with Gasteiger partial charge < -0.3 is 10.1 Å². The number of nitrogens with zero attached hydrogens (tertiary/aromatic N) is 1. The van der Waals surface area contributed by atoms with E-state index in [0.717, 1.165) is 11.3 Å².